The molecule has 3 atom stereocenters. The van der Waals surface area contributed by atoms with Crippen LogP contribution in [-0.2, 0) is 4.79 Å². The standard InChI is InChI=1S/C31H27F2NO3/c1-37-29-19-22(20-5-3-2-4-6-20)9-16-26(29)30-27(17-18-28(35)21-7-10-23(32)11-8-21)31(36)34(30)25-14-12-24(33)13-15-25/h2-16,19,27-28,30,35H,17-18H2,1H3/t27-,28+,30-/m1/s1. The fourth-order valence-electron chi connectivity index (χ4n) is 5.03. The molecule has 1 amide bonds. The van der Waals surface area contributed by atoms with Gasteiger partial charge in [-0.15, -0.1) is 0 Å². The molecule has 1 aliphatic rings. The van der Waals surface area contributed by atoms with E-state index in [1.807, 2.05) is 48.5 Å². The number of hydrogen-bond acceptors (Lipinski definition) is 3. The largest absolute Gasteiger partial charge is 0.496 e. The lowest BCUT2D eigenvalue weighted by Crippen LogP contribution is -2.55. The molecule has 6 heteroatoms. The Hall–Kier alpha value is -4.03. The van der Waals surface area contributed by atoms with E-state index in [2.05, 4.69) is 0 Å². The fourth-order valence-corrected chi connectivity index (χ4v) is 5.03. The zero-order valence-corrected chi connectivity index (χ0v) is 20.4. The Balaban J connectivity index is 1.46. The maximum Gasteiger partial charge on any atom is 0.233 e. The third-order valence-corrected chi connectivity index (χ3v) is 6.98. The van der Waals surface area contributed by atoms with Crippen molar-refractivity contribution in [3.8, 4) is 16.9 Å². The smallest absolute Gasteiger partial charge is 0.233 e. The van der Waals surface area contributed by atoms with Gasteiger partial charge < -0.3 is 14.7 Å². The third-order valence-electron chi connectivity index (χ3n) is 6.98. The van der Waals surface area contributed by atoms with Gasteiger partial charge in [0.05, 0.1) is 25.2 Å². The van der Waals surface area contributed by atoms with Crippen LogP contribution < -0.4 is 9.64 Å². The molecule has 188 valence electrons. The lowest BCUT2D eigenvalue weighted by Gasteiger charge is -2.48. The summed E-state index contributed by atoms with van der Waals surface area (Å²) in [4.78, 5) is 15.0. The summed E-state index contributed by atoms with van der Waals surface area (Å²) in [6, 6.07) is 27.1. The van der Waals surface area contributed by atoms with Crippen LogP contribution in [0.25, 0.3) is 11.1 Å². The van der Waals surface area contributed by atoms with E-state index in [0.717, 1.165) is 16.7 Å². The van der Waals surface area contributed by atoms with Crippen molar-refractivity contribution in [1.29, 1.82) is 0 Å². The number of methoxy groups -OCH3 is 1. The topological polar surface area (TPSA) is 49.8 Å². The summed E-state index contributed by atoms with van der Waals surface area (Å²) < 4.78 is 32.7. The molecule has 0 aliphatic carbocycles. The van der Waals surface area contributed by atoms with Gasteiger partial charge in [0, 0.05) is 11.3 Å². The van der Waals surface area contributed by atoms with E-state index in [-0.39, 0.29) is 23.6 Å². The van der Waals surface area contributed by atoms with Gasteiger partial charge in [0.15, 0.2) is 0 Å². The molecule has 0 saturated carbocycles. The molecule has 0 spiro atoms. The van der Waals surface area contributed by atoms with Crippen molar-refractivity contribution in [1.82, 2.24) is 0 Å². The molecule has 0 unspecified atom stereocenters. The number of amides is 1. The van der Waals surface area contributed by atoms with Gasteiger partial charge in [-0.1, -0.05) is 54.6 Å². The molecule has 1 heterocycles. The molecule has 4 nitrogen and oxygen atoms in total. The number of aliphatic hydroxyl groups excluding tert-OH is 1. The Morgan fingerprint density at radius 1 is 0.865 bits per heavy atom. The second-order valence-electron chi connectivity index (χ2n) is 9.20. The lowest BCUT2D eigenvalue weighted by atomic mass is 9.77. The molecule has 1 aliphatic heterocycles. The molecule has 1 N–H and O–H groups in total. The van der Waals surface area contributed by atoms with E-state index in [0.29, 0.717) is 29.8 Å². The molecule has 5 rings (SSSR count). The highest BCUT2D eigenvalue weighted by Crippen LogP contribution is 2.49. The average molecular weight is 500 g/mol. The number of β-lactam (4-membered cyclic amide) rings is 1. The van der Waals surface area contributed by atoms with Crippen LogP contribution in [0.1, 0.15) is 36.1 Å². The van der Waals surface area contributed by atoms with Crippen molar-refractivity contribution in [2.45, 2.75) is 25.0 Å². The van der Waals surface area contributed by atoms with Crippen LogP contribution in [0.4, 0.5) is 14.5 Å². The van der Waals surface area contributed by atoms with Crippen LogP contribution in [0.3, 0.4) is 0 Å². The van der Waals surface area contributed by atoms with Crippen molar-refractivity contribution in [2.24, 2.45) is 5.92 Å². The molecule has 1 saturated heterocycles. The van der Waals surface area contributed by atoms with Crippen molar-refractivity contribution in [3.63, 3.8) is 0 Å². The Labute approximate surface area is 214 Å². The quantitative estimate of drug-likeness (QED) is 0.270. The van der Waals surface area contributed by atoms with E-state index in [1.165, 1.54) is 24.3 Å². The van der Waals surface area contributed by atoms with E-state index in [9.17, 15) is 18.7 Å². The maximum atomic E-state index is 13.6. The molecule has 0 bridgehead atoms. The van der Waals surface area contributed by atoms with Crippen LogP contribution in [0.15, 0.2) is 97.1 Å². The van der Waals surface area contributed by atoms with E-state index in [1.54, 1.807) is 36.3 Å². The van der Waals surface area contributed by atoms with Crippen LogP contribution in [0.5, 0.6) is 5.75 Å². The summed E-state index contributed by atoms with van der Waals surface area (Å²) in [6.07, 6.45) is -0.0694. The zero-order valence-electron chi connectivity index (χ0n) is 20.4. The summed E-state index contributed by atoms with van der Waals surface area (Å²) in [5, 5.41) is 10.7. The molecule has 4 aromatic carbocycles. The normalized spacial score (nSPS) is 17.8. The van der Waals surface area contributed by atoms with Gasteiger partial charge in [-0.25, -0.2) is 8.78 Å². The number of benzene rings is 4. The number of rotatable bonds is 8. The Bertz CT molecular complexity index is 1370. The van der Waals surface area contributed by atoms with Crippen LogP contribution in [0.2, 0.25) is 0 Å². The molecule has 0 aromatic heterocycles. The average Bonchev–Trinajstić information content (AvgIpc) is 2.93. The van der Waals surface area contributed by atoms with Crippen molar-refractivity contribution in [3.05, 3.63) is 120 Å². The van der Waals surface area contributed by atoms with Gasteiger partial charge in [0.2, 0.25) is 5.91 Å². The van der Waals surface area contributed by atoms with Crippen LogP contribution in [0, 0.1) is 17.6 Å². The molecule has 1 fully saturated rings. The number of nitrogens with zero attached hydrogens (tertiary/aromatic N) is 1. The predicted molar refractivity (Wildman–Crippen MR) is 139 cm³/mol. The number of aliphatic hydroxyl groups is 1. The molecule has 0 radical (unpaired) electrons. The first-order valence-corrected chi connectivity index (χ1v) is 12.2. The predicted octanol–water partition coefficient (Wildman–Crippen LogP) is 6.86. The molecule has 4 aromatic rings. The van der Waals surface area contributed by atoms with Crippen molar-refractivity contribution >= 4 is 11.6 Å². The van der Waals surface area contributed by atoms with E-state index in [4.69, 9.17) is 4.74 Å². The number of hydrogen-bond donors (Lipinski definition) is 1. The monoisotopic (exact) mass is 499 g/mol. The van der Waals surface area contributed by atoms with Gasteiger partial charge >= 0.3 is 0 Å². The van der Waals surface area contributed by atoms with Gasteiger partial charge in [0.25, 0.3) is 0 Å². The van der Waals surface area contributed by atoms with Gasteiger partial charge in [-0.3, -0.25) is 4.79 Å². The van der Waals surface area contributed by atoms with Crippen LogP contribution in [-0.4, -0.2) is 18.1 Å². The summed E-state index contributed by atoms with van der Waals surface area (Å²) in [5.41, 5.74) is 4.08. The lowest BCUT2D eigenvalue weighted by molar-refractivity contribution is -0.131. The van der Waals surface area contributed by atoms with Gasteiger partial charge in [-0.2, -0.15) is 0 Å². The number of anilines is 1. The minimum atomic E-state index is -0.823. The third kappa shape index (κ3) is 4.98. The Kier molecular flexibility index (Phi) is 7.01. The first kappa shape index (κ1) is 24.7. The number of carbonyl (C=O) groups excluding carboxylic acids is 1. The van der Waals surface area contributed by atoms with Gasteiger partial charge in [-0.05, 0) is 72.0 Å². The highest BCUT2D eigenvalue weighted by atomic mass is 19.1. The highest BCUT2D eigenvalue weighted by molar-refractivity contribution is 6.03. The number of carbonyl (C=O) groups is 1. The number of halogens is 2. The minimum Gasteiger partial charge on any atom is -0.496 e. The second-order valence-corrected chi connectivity index (χ2v) is 9.20. The zero-order chi connectivity index (χ0) is 25.9. The first-order valence-electron chi connectivity index (χ1n) is 12.2. The SMILES string of the molecule is COc1cc(-c2ccccc2)ccc1[C@@H]1[C@@H](CC[C@H](O)c2ccc(F)cc2)C(=O)N1c1ccc(F)cc1. The first-order chi connectivity index (χ1) is 18.0. The fraction of sp³-hybridized carbons (Fsp3) is 0.194. The second kappa shape index (κ2) is 10.5. The minimum absolute atomic E-state index is 0.0999. The van der Waals surface area contributed by atoms with E-state index >= 15 is 0 Å². The summed E-state index contributed by atoms with van der Waals surface area (Å²) >= 11 is 0. The highest BCUT2D eigenvalue weighted by Gasteiger charge is 2.49. The molecule has 37 heavy (non-hydrogen) atoms. The van der Waals surface area contributed by atoms with Crippen molar-refractivity contribution < 1.29 is 23.4 Å². The molecular weight excluding hydrogens is 472 g/mol. The molecular formula is C31H27F2NO3. The summed E-state index contributed by atoms with van der Waals surface area (Å²) in [6.45, 7) is 0. The number of ether oxygens (including phenoxy) is 1. The summed E-state index contributed by atoms with van der Waals surface area (Å²) in [7, 11) is 1.60. The maximum absolute atomic E-state index is 13.6. The summed E-state index contributed by atoms with van der Waals surface area (Å²) in [5.74, 6) is -0.605. The van der Waals surface area contributed by atoms with Crippen molar-refractivity contribution in [2.75, 3.05) is 12.0 Å². The van der Waals surface area contributed by atoms with E-state index < -0.39 is 12.0 Å². The Morgan fingerprint density at radius 3 is 2.16 bits per heavy atom. The van der Waals surface area contributed by atoms with Crippen LogP contribution >= 0.6 is 0 Å². The van der Waals surface area contributed by atoms with Gasteiger partial charge in [0.1, 0.15) is 17.4 Å². The Morgan fingerprint density at radius 2 is 1.51 bits per heavy atom.